The smallest absolute Gasteiger partial charge is 0.0705 e. The molecule has 4 nitrogen and oxygen atoms in total. The Labute approximate surface area is 118 Å². The average molecular weight is 266 g/mol. The highest BCUT2D eigenvalue weighted by Crippen LogP contribution is 2.24. The van der Waals surface area contributed by atoms with Crippen molar-refractivity contribution in [2.45, 2.75) is 12.5 Å². The molecule has 0 aliphatic heterocycles. The van der Waals surface area contributed by atoms with E-state index in [9.17, 15) is 0 Å². The fourth-order valence-corrected chi connectivity index (χ4v) is 2.57. The topological polar surface area (TPSA) is 42.7 Å². The number of rotatable bonds is 4. The summed E-state index contributed by atoms with van der Waals surface area (Å²) in [4.78, 5) is 4.42. The lowest BCUT2D eigenvalue weighted by molar-refractivity contribution is 0.580. The van der Waals surface area contributed by atoms with Gasteiger partial charge in [0, 0.05) is 37.3 Å². The maximum absolute atomic E-state index is 4.47. The van der Waals surface area contributed by atoms with Crippen molar-refractivity contribution in [1.82, 2.24) is 20.1 Å². The van der Waals surface area contributed by atoms with E-state index >= 15 is 0 Å². The van der Waals surface area contributed by atoms with Crippen LogP contribution in [0.1, 0.15) is 17.3 Å². The fraction of sp³-hybridized carbons (Fsp3) is 0.250. The van der Waals surface area contributed by atoms with Crippen molar-refractivity contribution in [3.8, 4) is 0 Å². The molecule has 0 aliphatic carbocycles. The summed E-state index contributed by atoms with van der Waals surface area (Å²) in [6.45, 7) is 0. The normalized spacial score (nSPS) is 12.7. The third-order valence-corrected chi connectivity index (χ3v) is 3.59. The van der Waals surface area contributed by atoms with Crippen LogP contribution < -0.4 is 5.32 Å². The molecule has 4 heteroatoms. The lowest BCUT2D eigenvalue weighted by atomic mass is 9.98. The van der Waals surface area contributed by atoms with E-state index in [2.05, 4.69) is 39.7 Å². The van der Waals surface area contributed by atoms with Crippen LogP contribution in [0.4, 0.5) is 0 Å². The monoisotopic (exact) mass is 266 g/mol. The molecule has 3 aromatic rings. The molecule has 0 spiro atoms. The van der Waals surface area contributed by atoms with Gasteiger partial charge >= 0.3 is 0 Å². The Bertz CT molecular complexity index is 712. The van der Waals surface area contributed by atoms with Gasteiger partial charge in [0.1, 0.15) is 0 Å². The molecule has 0 saturated heterocycles. The predicted molar refractivity (Wildman–Crippen MR) is 80.5 cm³/mol. The Morgan fingerprint density at radius 1 is 1.20 bits per heavy atom. The van der Waals surface area contributed by atoms with Gasteiger partial charge in [-0.1, -0.05) is 18.2 Å². The molecule has 1 N–H and O–H groups in total. The second kappa shape index (κ2) is 5.43. The van der Waals surface area contributed by atoms with Crippen LogP contribution in [0.3, 0.4) is 0 Å². The Morgan fingerprint density at radius 2 is 2.05 bits per heavy atom. The zero-order valence-corrected chi connectivity index (χ0v) is 11.7. The summed E-state index contributed by atoms with van der Waals surface area (Å²) < 4.78 is 1.84. The first-order valence-electron chi connectivity index (χ1n) is 6.77. The number of likely N-dealkylation sites (N-methyl/N-ethyl adjacent to an activating group) is 1. The molecular weight excluding hydrogens is 248 g/mol. The van der Waals surface area contributed by atoms with Gasteiger partial charge in [-0.05, 0) is 30.8 Å². The molecule has 0 amide bonds. The molecule has 2 heterocycles. The molecule has 3 rings (SSSR count). The molecule has 2 aromatic heterocycles. The summed E-state index contributed by atoms with van der Waals surface area (Å²) in [6.07, 6.45) is 4.72. The Balaban J connectivity index is 1.98. The SMILES string of the molecule is CNC(Cc1ccn(C)n1)c1ccnc2ccccc12. The zero-order chi connectivity index (χ0) is 13.9. The quantitative estimate of drug-likeness (QED) is 0.789. The maximum Gasteiger partial charge on any atom is 0.0705 e. The lowest BCUT2D eigenvalue weighted by Crippen LogP contribution is -2.19. The van der Waals surface area contributed by atoms with E-state index < -0.39 is 0 Å². The number of nitrogens with one attached hydrogen (secondary N) is 1. The molecule has 0 saturated carbocycles. The summed E-state index contributed by atoms with van der Waals surface area (Å²) in [5.74, 6) is 0. The van der Waals surface area contributed by atoms with Gasteiger partial charge in [0.15, 0.2) is 0 Å². The van der Waals surface area contributed by atoms with Crippen molar-refractivity contribution < 1.29 is 0 Å². The molecular formula is C16H18N4. The van der Waals surface area contributed by atoms with E-state index in [4.69, 9.17) is 0 Å². The molecule has 0 bridgehead atoms. The molecule has 0 fully saturated rings. The van der Waals surface area contributed by atoms with Crippen LogP contribution in [0.15, 0.2) is 48.8 Å². The second-order valence-corrected chi connectivity index (χ2v) is 4.94. The van der Waals surface area contributed by atoms with E-state index in [0.29, 0.717) is 0 Å². The second-order valence-electron chi connectivity index (χ2n) is 4.94. The van der Waals surface area contributed by atoms with E-state index in [1.807, 2.05) is 43.3 Å². The predicted octanol–water partition coefficient (Wildman–Crippen LogP) is 2.47. The van der Waals surface area contributed by atoms with Crippen molar-refractivity contribution >= 4 is 10.9 Å². The molecule has 1 atom stereocenters. The van der Waals surface area contributed by atoms with E-state index in [1.54, 1.807) is 0 Å². The minimum atomic E-state index is 0.234. The number of fused-ring (bicyclic) bond motifs is 1. The molecule has 20 heavy (non-hydrogen) atoms. The number of benzene rings is 1. The Kier molecular flexibility index (Phi) is 3.48. The van der Waals surface area contributed by atoms with Gasteiger partial charge in [-0.3, -0.25) is 9.67 Å². The first kappa shape index (κ1) is 12.8. The van der Waals surface area contributed by atoms with Gasteiger partial charge in [-0.15, -0.1) is 0 Å². The third kappa shape index (κ3) is 2.42. The molecule has 102 valence electrons. The van der Waals surface area contributed by atoms with Crippen molar-refractivity contribution in [2.24, 2.45) is 7.05 Å². The highest BCUT2D eigenvalue weighted by atomic mass is 15.2. The average Bonchev–Trinajstić information content (AvgIpc) is 2.89. The zero-order valence-electron chi connectivity index (χ0n) is 11.7. The molecule has 1 unspecified atom stereocenters. The van der Waals surface area contributed by atoms with Crippen molar-refractivity contribution in [3.63, 3.8) is 0 Å². The number of pyridine rings is 1. The van der Waals surface area contributed by atoms with Gasteiger partial charge < -0.3 is 5.32 Å². The largest absolute Gasteiger partial charge is 0.313 e. The number of para-hydroxylation sites is 1. The molecule has 0 radical (unpaired) electrons. The first-order valence-corrected chi connectivity index (χ1v) is 6.77. The van der Waals surface area contributed by atoms with Crippen molar-refractivity contribution in [2.75, 3.05) is 7.05 Å². The van der Waals surface area contributed by atoms with Gasteiger partial charge in [0.05, 0.1) is 11.2 Å². The molecule has 1 aromatic carbocycles. The highest BCUT2D eigenvalue weighted by molar-refractivity contribution is 5.82. The number of aromatic nitrogens is 3. The van der Waals surface area contributed by atoms with Crippen LogP contribution >= 0.6 is 0 Å². The maximum atomic E-state index is 4.47. The van der Waals surface area contributed by atoms with Crippen LogP contribution in [0.2, 0.25) is 0 Å². The summed E-state index contributed by atoms with van der Waals surface area (Å²) in [6, 6.07) is 12.6. The summed E-state index contributed by atoms with van der Waals surface area (Å²) in [5, 5.41) is 9.06. The van der Waals surface area contributed by atoms with E-state index in [-0.39, 0.29) is 6.04 Å². The first-order chi connectivity index (χ1) is 9.78. The van der Waals surface area contributed by atoms with Gasteiger partial charge in [-0.25, -0.2) is 0 Å². The van der Waals surface area contributed by atoms with Gasteiger partial charge in [0.2, 0.25) is 0 Å². The number of nitrogens with zero attached hydrogens (tertiary/aromatic N) is 3. The molecule has 0 aliphatic rings. The highest BCUT2D eigenvalue weighted by Gasteiger charge is 2.14. The standard InChI is InChI=1S/C16H18N4/c1-17-16(11-12-8-10-20(2)19-12)14-7-9-18-15-6-4-3-5-13(14)15/h3-10,16-17H,11H2,1-2H3. The van der Waals surface area contributed by atoms with Crippen LogP contribution in [0.25, 0.3) is 10.9 Å². The Hall–Kier alpha value is -2.20. The number of hydrogen-bond donors (Lipinski definition) is 1. The van der Waals surface area contributed by atoms with E-state index in [0.717, 1.165) is 17.6 Å². The Morgan fingerprint density at radius 3 is 2.80 bits per heavy atom. The van der Waals surface area contributed by atoms with Crippen LogP contribution in [0, 0.1) is 0 Å². The summed E-state index contributed by atoms with van der Waals surface area (Å²) in [7, 11) is 3.93. The van der Waals surface area contributed by atoms with Crippen molar-refractivity contribution in [3.05, 3.63) is 60.0 Å². The van der Waals surface area contributed by atoms with Crippen LogP contribution in [-0.4, -0.2) is 21.8 Å². The van der Waals surface area contributed by atoms with Gasteiger partial charge in [0.25, 0.3) is 0 Å². The minimum absolute atomic E-state index is 0.234. The van der Waals surface area contributed by atoms with Crippen LogP contribution in [0.5, 0.6) is 0 Å². The summed E-state index contributed by atoms with van der Waals surface area (Å²) >= 11 is 0. The van der Waals surface area contributed by atoms with Crippen LogP contribution in [-0.2, 0) is 13.5 Å². The fourth-order valence-electron chi connectivity index (χ4n) is 2.57. The lowest BCUT2D eigenvalue weighted by Gasteiger charge is -2.17. The summed E-state index contributed by atoms with van der Waals surface area (Å²) in [5.41, 5.74) is 3.39. The van der Waals surface area contributed by atoms with Crippen molar-refractivity contribution in [1.29, 1.82) is 0 Å². The third-order valence-electron chi connectivity index (χ3n) is 3.59. The minimum Gasteiger partial charge on any atom is -0.313 e. The van der Waals surface area contributed by atoms with Gasteiger partial charge in [-0.2, -0.15) is 5.10 Å². The number of aryl methyl sites for hydroxylation is 1. The number of hydrogen-bond acceptors (Lipinski definition) is 3. The van der Waals surface area contributed by atoms with E-state index in [1.165, 1.54) is 10.9 Å².